The minimum Gasteiger partial charge on any atom is -0.313 e. The molecule has 0 spiro atoms. The summed E-state index contributed by atoms with van der Waals surface area (Å²) in [6, 6.07) is 1.16. The van der Waals surface area contributed by atoms with Crippen LogP contribution in [0.25, 0.3) is 0 Å². The van der Waals surface area contributed by atoms with Gasteiger partial charge in [0.25, 0.3) is 0 Å². The van der Waals surface area contributed by atoms with Gasteiger partial charge in [0.2, 0.25) is 10.0 Å². The van der Waals surface area contributed by atoms with Crippen molar-refractivity contribution < 1.29 is 8.42 Å². The van der Waals surface area contributed by atoms with Crippen molar-refractivity contribution >= 4 is 10.0 Å². The Morgan fingerprint density at radius 2 is 1.94 bits per heavy atom. The van der Waals surface area contributed by atoms with E-state index in [0.717, 1.165) is 25.9 Å². The van der Waals surface area contributed by atoms with Crippen LogP contribution >= 0.6 is 0 Å². The Kier molecular flexibility index (Phi) is 4.64. The topological polar surface area (TPSA) is 52.6 Å². The van der Waals surface area contributed by atoms with E-state index in [4.69, 9.17) is 0 Å². The molecule has 0 aromatic carbocycles. The second-order valence-electron chi connectivity index (χ2n) is 5.63. The lowest BCUT2D eigenvalue weighted by molar-refractivity contribution is 0.158. The Balaban J connectivity index is 1.78. The molecule has 2 heterocycles. The van der Waals surface area contributed by atoms with Crippen LogP contribution in [0, 0.1) is 0 Å². The summed E-state index contributed by atoms with van der Waals surface area (Å²) in [4.78, 5) is 2.41. The first-order chi connectivity index (χ1) is 8.47. The van der Waals surface area contributed by atoms with Crippen molar-refractivity contribution in [2.75, 3.05) is 39.5 Å². The number of rotatable bonds is 4. The summed E-state index contributed by atoms with van der Waals surface area (Å²) < 4.78 is 24.5. The molecule has 0 radical (unpaired) electrons. The average molecular weight is 275 g/mol. The average Bonchev–Trinajstić information content (AvgIpc) is 2.81. The van der Waals surface area contributed by atoms with E-state index in [1.807, 2.05) is 0 Å². The van der Waals surface area contributed by atoms with Crippen molar-refractivity contribution in [3.63, 3.8) is 0 Å². The fourth-order valence-corrected chi connectivity index (χ4v) is 3.90. The molecule has 2 aliphatic rings. The molecule has 0 bridgehead atoms. The first-order valence-electron chi connectivity index (χ1n) is 6.85. The van der Waals surface area contributed by atoms with Gasteiger partial charge >= 0.3 is 0 Å². The lowest BCUT2D eigenvalue weighted by Crippen LogP contribution is -2.47. The quantitative estimate of drug-likeness (QED) is 0.790. The fourth-order valence-electron chi connectivity index (χ4n) is 3.02. The molecule has 6 heteroatoms. The number of hydrogen-bond donors (Lipinski definition) is 1. The van der Waals surface area contributed by atoms with Gasteiger partial charge in [-0.1, -0.05) is 0 Å². The zero-order chi connectivity index (χ0) is 13.2. The summed E-state index contributed by atoms with van der Waals surface area (Å²) in [5.74, 6) is 0. The predicted molar refractivity (Wildman–Crippen MR) is 73.1 cm³/mol. The molecule has 0 aromatic rings. The number of piperidine rings is 1. The first kappa shape index (κ1) is 14.2. The Hall–Kier alpha value is -0.170. The molecular weight excluding hydrogens is 250 g/mol. The third-order valence-electron chi connectivity index (χ3n) is 4.19. The van der Waals surface area contributed by atoms with Crippen molar-refractivity contribution in [3.05, 3.63) is 0 Å². The normalized spacial score (nSPS) is 28.1. The third kappa shape index (κ3) is 3.66. The summed E-state index contributed by atoms with van der Waals surface area (Å²) in [7, 11) is -0.827. The van der Waals surface area contributed by atoms with E-state index in [9.17, 15) is 8.42 Å². The van der Waals surface area contributed by atoms with Gasteiger partial charge in [0, 0.05) is 31.7 Å². The van der Waals surface area contributed by atoms with Crippen LogP contribution in [0.1, 0.15) is 25.7 Å². The molecule has 106 valence electrons. The molecule has 2 fully saturated rings. The molecule has 5 nitrogen and oxygen atoms in total. The Labute approximate surface area is 111 Å². The fraction of sp³-hybridized carbons (Fsp3) is 1.00. The molecule has 0 saturated carbocycles. The SMILES string of the molecule is CN(CC1CCCN1)C1CCN(S(C)(=O)=O)CC1. The first-order valence-corrected chi connectivity index (χ1v) is 8.70. The van der Waals surface area contributed by atoms with Crippen LogP contribution in [0.4, 0.5) is 0 Å². The molecular formula is C12H25N3O2S. The standard InChI is InChI=1S/C12H25N3O2S/c1-14(10-11-4-3-7-13-11)12-5-8-15(9-6-12)18(2,16)17/h11-13H,3-10H2,1-2H3. The van der Waals surface area contributed by atoms with Crippen molar-refractivity contribution in [1.82, 2.24) is 14.5 Å². The maximum absolute atomic E-state index is 11.4. The van der Waals surface area contributed by atoms with Crippen LogP contribution in [0.5, 0.6) is 0 Å². The second-order valence-corrected chi connectivity index (χ2v) is 7.61. The second kappa shape index (κ2) is 5.86. The van der Waals surface area contributed by atoms with Gasteiger partial charge in [-0.3, -0.25) is 0 Å². The van der Waals surface area contributed by atoms with Crippen molar-refractivity contribution in [2.45, 2.75) is 37.8 Å². The Bertz CT molecular complexity index is 358. The molecule has 0 amide bonds. The summed E-state index contributed by atoms with van der Waals surface area (Å²) in [5, 5.41) is 3.51. The minimum atomic E-state index is -2.99. The van der Waals surface area contributed by atoms with Crippen LogP contribution < -0.4 is 5.32 Å². The molecule has 1 N–H and O–H groups in total. The van der Waals surface area contributed by atoms with Crippen LogP contribution in [0.3, 0.4) is 0 Å². The van der Waals surface area contributed by atoms with Gasteiger partial charge in [-0.25, -0.2) is 12.7 Å². The van der Waals surface area contributed by atoms with Crippen molar-refractivity contribution in [2.24, 2.45) is 0 Å². The molecule has 2 aliphatic heterocycles. The maximum atomic E-state index is 11.4. The van der Waals surface area contributed by atoms with E-state index < -0.39 is 10.0 Å². The molecule has 0 aromatic heterocycles. The van der Waals surface area contributed by atoms with Crippen molar-refractivity contribution in [3.8, 4) is 0 Å². The van der Waals surface area contributed by atoms with Gasteiger partial charge < -0.3 is 10.2 Å². The van der Waals surface area contributed by atoms with E-state index in [-0.39, 0.29) is 0 Å². The summed E-state index contributed by atoms with van der Waals surface area (Å²) in [6.07, 6.45) is 5.77. The van der Waals surface area contributed by atoms with Gasteiger partial charge in [-0.2, -0.15) is 0 Å². The lowest BCUT2D eigenvalue weighted by Gasteiger charge is -2.36. The number of nitrogens with one attached hydrogen (secondary N) is 1. The zero-order valence-corrected chi connectivity index (χ0v) is 12.2. The van der Waals surface area contributed by atoms with Crippen LogP contribution in [0.15, 0.2) is 0 Å². The van der Waals surface area contributed by atoms with Gasteiger partial charge in [0.1, 0.15) is 0 Å². The highest BCUT2D eigenvalue weighted by Crippen LogP contribution is 2.18. The highest BCUT2D eigenvalue weighted by Gasteiger charge is 2.28. The highest BCUT2D eigenvalue weighted by atomic mass is 32.2. The molecule has 2 saturated heterocycles. The molecule has 1 atom stereocenters. The number of nitrogens with zero attached hydrogens (tertiary/aromatic N) is 2. The number of hydrogen-bond acceptors (Lipinski definition) is 4. The molecule has 1 unspecified atom stereocenters. The minimum absolute atomic E-state index is 0.533. The van der Waals surface area contributed by atoms with Gasteiger partial charge in [0.05, 0.1) is 6.26 Å². The van der Waals surface area contributed by atoms with Crippen molar-refractivity contribution in [1.29, 1.82) is 0 Å². The monoisotopic (exact) mass is 275 g/mol. The van der Waals surface area contributed by atoms with E-state index >= 15 is 0 Å². The van der Waals surface area contributed by atoms with Crippen LogP contribution in [-0.4, -0.2) is 69.2 Å². The van der Waals surface area contributed by atoms with E-state index in [2.05, 4.69) is 17.3 Å². The van der Waals surface area contributed by atoms with E-state index in [1.165, 1.54) is 19.1 Å². The zero-order valence-electron chi connectivity index (χ0n) is 11.4. The van der Waals surface area contributed by atoms with Gasteiger partial charge in [0.15, 0.2) is 0 Å². The van der Waals surface area contributed by atoms with E-state index in [1.54, 1.807) is 4.31 Å². The number of likely N-dealkylation sites (N-methyl/N-ethyl adjacent to an activating group) is 1. The summed E-state index contributed by atoms with van der Waals surface area (Å²) >= 11 is 0. The molecule has 18 heavy (non-hydrogen) atoms. The highest BCUT2D eigenvalue weighted by molar-refractivity contribution is 7.88. The lowest BCUT2D eigenvalue weighted by atomic mass is 10.0. The predicted octanol–water partition coefficient (Wildman–Crippen LogP) is 0.0942. The van der Waals surface area contributed by atoms with Crippen LogP contribution in [0.2, 0.25) is 0 Å². The largest absolute Gasteiger partial charge is 0.313 e. The Morgan fingerprint density at radius 1 is 1.28 bits per heavy atom. The smallest absolute Gasteiger partial charge is 0.211 e. The maximum Gasteiger partial charge on any atom is 0.211 e. The van der Waals surface area contributed by atoms with Gasteiger partial charge in [-0.15, -0.1) is 0 Å². The summed E-state index contributed by atoms with van der Waals surface area (Å²) in [6.45, 7) is 3.58. The number of sulfonamides is 1. The molecule has 0 aliphatic carbocycles. The van der Waals surface area contributed by atoms with Gasteiger partial charge in [-0.05, 0) is 39.3 Å². The Morgan fingerprint density at radius 3 is 2.44 bits per heavy atom. The van der Waals surface area contributed by atoms with E-state index in [0.29, 0.717) is 25.2 Å². The summed E-state index contributed by atoms with van der Waals surface area (Å²) in [5.41, 5.74) is 0. The third-order valence-corrected chi connectivity index (χ3v) is 5.49. The van der Waals surface area contributed by atoms with Crippen LogP contribution in [-0.2, 0) is 10.0 Å². The molecule has 2 rings (SSSR count).